The van der Waals surface area contributed by atoms with Gasteiger partial charge in [-0.25, -0.2) is 0 Å². The highest BCUT2D eigenvalue weighted by Gasteiger charge is 2.33. The number of anilines is 1. The van der Waals surface area contributed by atoms with Crippen LogP contribution in [0.15, 0.2) is 42.5 Å². The van der Waals surface area contributed by atoms with Crippen molar-refractivity contribution in [2.45, 2.75) is 38.5 Å². The van der Waals surface area contributed by atoms with E-state index in [1.165, 1.54) is 12.8 Å². The van der Waals surface area contributed by atoms with E-state index in [9.17, 15) is 28.1 Å². The molecular weight excluding hydrogens is 425 g/mol. The second-order valence-corrected chi connectivity index (χ2v) is 7.69. The van der Waals surface area contributed by atoms with Crippen molar-refractivity contribution in [3.8, 4) is 0 Å². The van der Waals surface area contributed by atoms with Gasteiger partial charge in [-0.15, -0.1) is 0 Å². The molecule has 0 bridgehead atoms. The second-order valence-electron chi connectivity index (χ2n) is 7.69. The van der Waals surface area contributed by atoms with Gasteiger partial charge in [0.25, 0.3) is 5.69 Å². The summed E-state index contributed by atoms with van der Waals surface area (Å²) in [5.41, 5.74) is 0.343. The number of alkyl halides is 3. The first-order chi connectivity index (χ1) is 15.2. The molecule has 0 saturated carbocycles. The maximum Gasteiger partial charge on any atom is 0.416 e. The van der Waals surface area contributed by atoms with Crippen molar-refractivity contribution in [1.82, 2.24) is 10.2 Å². The Morgan fingerprint density at radius 2 is 1.78 bits per heavy atom. The summed E-state index contributed by atoms with van der Waals surface area (Å²) in [6.07, 6.45) is -2.26. The van der Waals surface area contributed by atoms with Crippen molar-refractivity contribution in [3.63, 3.8) is 0 Å². The van der Waals surface area contributed by atoms with Crippen LogP contribution in [0.5, 0.6) is 0 Å². The SMILES string of the molecule is O=C(CCNc1ccc(C(F)(F)F)cc1[N+](=O)[O-])NCc1ccccc1CN1CCCC1. The summed E-state index contributed by atoms with van der Waals surface area (Å²) < 4.78 is 38.4. The highest BCUT2D eigenvalue weighted by Crippen LogP contribution is 2.34. The number of likely N-dealkylation sites (tertiary alicyclic amines) is 1. The van der Waals surface area contributed by atoms with Gasteiger partial charge in [0.15, 0.2) is 0 Å². The lowest BCUT2D eigenvalue weighted by atomic mass is 10.1. The third kappa shape index (κ3) is 6.43. The molecule has 0 unspecified atom stereocenters. The Labute approximate surface area is 183 Å². The van der Waals surface area contributed by atoms with Crippen LogP contribution in [-0.4, -0.2) is 35.4 Å². The van der Waals surface area contributed by atoms with Gasteiger partial charge < -0.3 is 10.6 Å². The molecule has 2 aromatic rings. The Hall–Kier alpha value is -3.14. The van der Waals surface area contributed by atoms with Crippen LogP contribution in [0.2, 0.25) is 0 Å². The molecule has 0 aromatic heterocycles. The number of hydrogen-bond donors (Lipinski definition) is 2. The number of nitrogens with zero attached hydrogens (tertiary/aromatic N) is 2. The molecule has 0 spiro atoms. The van der Waals surface area contributed by atoms with Gasteiger partial charge in [-0.05, 0) is 49.2 Å². The van der Waals surface area contributed by atoms with Crippen LogP contribution in [0.3, 0.4) is 0 Å². The maximum absolute atomic E-state index is 12.8. The molecule has 1 aliphatic heterocycles. The Morgan fingerprint density at radius 1 is 1.09 bits per heavy atom. The number of nitrogens with one attached hydrogen (secondary N) is 2. The molecule has 0 atom stereocenters. The minimum absolute atomic E-state index is 0.0203. The van der Waals surface area contributed by atoms with E-state index in [2.05, 4.69) is 15.5 Å². The molecular formula is C22H25F3N4O3. The number of halogens is 3. The Kier molecular flexibility index (Phi) is 7.68. The van der Waals surface area contributed by atoms with Gasteiger partial charge in [-0.3, -0.25) is 19.8 Å². The van der Waals surface area contributed by atoms with Crippen molar-refractivity contribution in [1.29, 1.82) is 0 Å². The molecule has 1 aliphatic rings. The van der Waals surface area contributed by atoms with E-state index in [1.54, 1.807) is 0 Å². The average Bonchev–Trinajstić information content (AvgIpc) is 3.25. The van der Waals surface area contributed by atoms with Crippen LogP contribution in [0.25, 0.3) is 0 Å². The molecule has 10 heteroatoms. The highest BCUT2D eigenvalue weighted by atomic mass is 19.4. The third-order valence-corrected chi connectivity index (χ3v) is 5.38. The smallest absolute Gasteiger partial charge is 0.379 e. The van der Waals surface area contributed by atoms with Gasteiger partial charge in [0, 0.05) is 32.1 Å². The van der Waals surface area contributed by atoms with Crippen LogP contribution in [0.1, 0.15) is 36.0 Å². The number of nitro groups is 1. The van der Waals surface area contributed by atoms with Gasteiger partial charge in [0.2, 0.25) is 5.91 Å². The Bertz CT molecular complexity index is 960. The minimum atomic E-state index is -4.67. The predicted octanol–water partition coefficient (Wildman–Crippen LogP) is 4.33. The zero-order valence-corrected chi connectivity index (χ0v) is 17.5. The van der Waals surface area contributed by atoms with E-state index in [4.69, 9.17) is 0 Å². The molecule has 7 nitrogen and oxygen atoms in total. The van der Waals surface area contributed by atoms with Gasteiger partial charge in [-0.1, -0.05) is 24.3 Å². The standard InChI is InChI=1S/C22H25F3N4O3/c23-22(24,25)18-7-8-19(20(13-18)29(31)32)26-10-9-21(30)27-14-16-5-1-2-6-17(16)15-28-11-3-4-12-28/h1-2,5-8,13,26H,3-4,9-12,14-15H2,(H,27,30). The average molecular weight is 450 g/mol. The van der Waals surface area contributed by atoms with Gasteiger partial charge >= 0.3 is 6.18 Å². The van der Waals surface area contributed by atoms with Gasteiger partial charge in [-0.2, -0.15) is 13.2 Å². The molecule has 1 heterocycles. The first-order valence-corrected chi connectivity index (χ1v) is 10.4. The van der Waals surface area contributed by atoms with Crippen molar-refractivity contribution in [3.05, 3.63) is 69.3 Å². The molecule has 2 aromatic carbocycles. The summed E-state index contributed by atoms with van der Waals surface area (Å²) in [5, 5.41) is 16.7. The number of carbonyl (C=O) groups excluding carboxylic acids is 1. The zero-order chi connectivity index (χ0) is 23.1. The minimum Gasteiger partial charge on any atom is -0.379 e. The summed E-state index contributed by atoms with van der Waals surface area (Å²) in [6, 6.07) is 10.2. The van der Waals surface area contributed by atoms with E-state index < -0.39 is 22.4 Å². The highest BCUT2D eigenvalue weighted by molar-refractivity contribution is 5.76. The number of benzene rings is 2. The van der Waals surface area contributed by atoms with Crippen molar-refractivity contribution < 1.29 is 22.9 Å². The van der Waals surface area contributed by atoms with Crippen LogP contribution < -0.4 is 10.6 Å². The van der Waals surface area contributed by atoms with E-state index in [-0.39, 0.29) is 24.6 Å². The number of carbonyl (C=O) groups is 1. The molecule has 1 saturated heterocycles. The summed E-state index contributed by atoms with van der Waals surface area (Å²) in [7, 11) is 0. The fourth-order valence-corrected chi connectivity index (χ4v) is 3.67. The Balaban J connectivity index is 1.51. The van der Waals surface area contributed by atoms with E-state index in [0.717, 1.165) is 42.9 Å². The number of nitro benzene ring substituents is 1. The van der Waals surface area contributed by atoms with E-state index in [0.29, 0.717) is 12.6 Å². The number of amides is 1. The maximum atomic E-state index is 12.8. The van der Waals surface area contributed by atoms with Crippen LogP contribution in [0.4, 0.5) is 24.5 Å². The molecule has 1 amide bonds. The Morgan fingerprint density at radius 3 is 2.44 bits per heavy atom. The van der Waals surface area contributed by atoms with E-state index in [1.807, 2.05) is 24.3 Å². The molecule has 32 heavy (non-hydrogen) atoms. The third-order valence-electron chi connectivity index (χ3n) is 5.38. The topological polar surface area (TPSA) is 87.5 Å². The predicted molar refractivity (Wildman–Crippen MR) is 114 cm³/mol. The van der Waals surface area contributed by atoms with Crippen molar-refractivity contribution in [2.75, 3.05) is 25.0 Å². The molecule has 172 valence electrons. The van der Waals surface area contributed by atoms with Gasteiger partial charge in [0.05, 0.1) is 10.5 Å². The summed E-state index contributed by atoms with van der Waals surface area (Å²) in [5.74, 6) is -0.261. The normalized spacial score (nSPS) is 14.3. The summed E-state index contributed by atoms with van der Waals surface area (Å²) >= 11 is 0. The summed E-state index contributed by atoms with van der Waals surface area (Å²) in [6.45, 7) is 3.40. The van der Waals surface area contributed by atoms with Crippen molar-refractivity contribution in [2.24, 2.45) is 0 Å². The molecule has 2 N–H and O–H groups in total. The van der Waals surface area contributed by atoms with Crippen molar-refractivity contribution >= 4 is 17.3 Å². The first kappa shape index (κ1) is 23.5. The second kappa shape index (κ2) is 10.4. The number of rotatable bonds is 9. The van der Waals surface area contributed by atoms with E-state index >= 15 is 0 Å². The zero-order valence-electron chi connectivity index (χ0n) is 17.5. The fourth-order valence-electron chi connectivity index (χ4n) is 3.67. The molecule has 0 radical (unpaired) electrons. The lowest BCUT2D eigenvalue weighted by Gasteiger charge is -2.17. The first-order valence-electron chi connectivity index (χ1n) is 10.4. The van der Waals surface area contributed by atoms with Crippen LogP contribution in [-0.2, 0) is 24.1 Å². The quantitative estimate of drug-likeness (QED) is 0.439. The molecule has 0 aliphatic carbocycles. The van der Waals surface area contributed by atoms with Gasteiger partial charge in [0.1, 0.15) is 5.69 Å². The monoisotopic (exact) mass is 450 g/mol. The molecule has 3 rings (SSSR count). The fraction of sp³-hybridized carbons (Fsp3) is 0.409. The number of hydrogen-bond acceptors (Lipinski definition) is 5. The van der Waals surface area contributed by atoms with Crippen LogP contribution in [0, 0.1) is 10.1 Å². The molecule has 1 fully saturated rings. The lowest BCUT2D eigenvalue weighted by molar-refractivity contribution is -0.384. The van der Waals surface area contributed by atoms with Crippen LogP contribution >= 0.6 is 0 Å². The summed E-state index contributed by atoms with van der Waals surface area (Å²) in [4.78, 5) is 24.8. The largest absolute Gasteiger partial charge is 0.416 e. The lowest BCUT2D eigenvalue weighted by Crippen LogP contribution is -2.26.